The highest BCUT2D eigenvalue weighted by molar-refractivity contribution is 6.85. The first kappa shape index (κ1) is 10.5. The monoisotopic (exact) mass is 194 g/mol. The molecule has 0 fully saturated rings. The Morgan fingerprint density at radius 1 is 1.31 bits per heavy atom. The SMILES string of the molecule is CCC(C)[Si](C)(O)c1ccccc1. The first-order chi connectivity index (χ1) is 6.09. The van der Waals surface area contributed by atoms with Gasteiger partial charge in [0.15, 0.2) is 0 Å². The number of hydrogen-bond acceptors (Lipinski definition) is 1. The highest BCUT2D eigenvalue weighted by atomic mass is 28.4. The Hall–Kier alpha value is -0.603. The van der Waals surface area contributed by atoms with E-state index in [2.05, 4.69) is 13.8 Å². The van der Waals surface area contributed by atoms with Gasteiger partial charge in [-0.05, 0) is 17.3 Å². The van der Waals surface area contributed by atoms with Gasteiger partial charge in [0.25, 0.3) is 0 Å². The molecule has 0 aliphatic carbocycles. The van der Waals surface area contributed by atoms with Gasteiger partial charge in [0, 0.05) is 0 Å². The van der Waals surface area contributed by atoms with Crippen LogP contribution < -0.4 is 5.19 Å². The molecule has 0 heterocycles. The van der Waals surface area contributed by atoms with E-state index in [9.17, 15) is 4.80 Å². The van der Waals surface area contributed by atoms with E-state index < -0.39 is 8.32 Å². The fourth-order valence-corrected chi connectivity index (χ4v) is 3.69. The molecule has 2 heteroatoms. The maximum absolute atomic E-state index is 10.4. The van der Waals surface area contributed by atoms with Crippen molar-refractivity contribution in [2.75, 3.05) is 0 Å². The summed E-state index contributed by atoms with van der Waals surface area (Å²) >= 11 is 0. The maximum atomic E-state index is 10.4. The van der Waals surface area contributed by atoms with E-state index in [1.54, 1.807) is 0 Å². The van der Waals surface area contributed by atoms with Crippen molar-refractivity contribution in [3.8, 4) is 0 Å². The van der Waals surface area contributed by atoms with E-state index in [0.717, 1.165) is 11.6 Å². The summed E-state index contributed by atoms with van der Waals surface area (Å²) in [7, 11) is -2.18. The van der Waals surface area contributed by atoms with Gasteiger partial charge in [0.05, 0.1) is 0 Å². The molecule has 1 N–H and O–H groups in total. The Labute approximate surface area is 81.6 Å². The minimum atomic E-state index is -2.18. The maximum Gasteiger partial charge on any atom is 0.219 e. The number of rotatable bonds is 3. The van der Waals surface area contributed by atoms with E-state index in [0.29, 0.717) is 5.54 Å². The summed E-state index contributed by atoms with van der Waals surface area (Å²) < 4.78 is 0. The van der Waals surface area contributed by atoms with Gasteiger partial charge in [-0.25, -0.2) is 0 Å². The van der Waals surface area contributed by atoms with E-state index in [1.807, 2.05) is 36.9 Å². The third kappa shape index (κ3) is 2.20. The molecule has 0 aliphatic heterocycles. The second-order valence-electron chi connectivity index (χ2n) is 3.82. The van der Waals surface area contributed by atoms with Crippen LogP contribution in [0.1, 0.15) is 20.3 Å². The lowest BCUT2D eigenvalue weighted by Crippen LogP contribution is -2.48. The van der Waals surface area contributed by atoms with Crippen molar-refractivity contribution in [2.45, 2.75) is 32.4 Å². The first-order valence-electron chi connectivity index (χ1n) is 4.87. The molecule has 0 bridgehead atoms. The van der Waals surface area contributed by atoms with E-state index in [4.69, 9.17) is 0 Å². The molecule has 1 rings (SSSR count). The standard InChI is InChI=1S/C11H18OSi/c1-4-10(2)13(3,12)11-8-6-5-7-9-11/h5-10,12H,4H2,1-3H3. The van der Waals surface area contributed by atoms with Gasteiger partial charge in [0.1, 0.15) is 0 Å². The summed E-state index contributed by atoms with van der Waals surface area (Å²) in [4.78, 5) is 10.4. The fraction of sp³-hybridized carbons (Fsp3) is 0.455. The average molecular weight is 194 g/mol. The quantitative estimate of drug-likeness (QED) is 0.732. The molecule has 1 nitrogen and oxygen atoms in total. The zero-order chi connectivity index (χ0) is 9.90. The topological polar surface area (TPSA) is 20.2 Å². The number of hydrogen-bond donors (Lipinski definition) is 1. The minimum absolute atomic E-state index is 0.426. The Balaban J connectivity index is 2.93. The highest BCUT2D eigenvalue weighted by Gasteiger charge is 2.32. The summed E-state index contributed by atoms with van der Waals surface area (Å²) in [5, 5.41) is 1.14. The Bertz CT molecular complexity index is 256. The van der Waals surface area contributed by atoms with E-state index >= 15 is 0 Å². The molecule has 0 aliphatic rings. The van der Waals surface area contributed by atoms with Crippen molar-refractivity contribution in [2.24, 2.45) is 0 Å². The zero-order valence-corrected chi connectivity index (χ0v) is 9.62. The molecule has 72 valence electrons. The van der Waals surface area contributed by atoms with Crippen LogP contribution in [0.4, 0.5) is 0 Å². The Kier molecular flexibility index (Phi) is 3.28. The third-order valence-corrected chi connectivity index (χ3v) is 6.76. The lowest BCUT2D eigenvalue weighted by molar-refractivity contribution is 0.530. The van der Waals surface area contributed by atoms with Crippen LogP contribution in [0, 0.1) is 0 Å². The summed E-state index contributed by atoms with van der Waals surface area (Å²) in [6.07, 6.45) is 1.05. The normalized spacial score (nSPS) is 17.8. The van der Waals surface area contributed by atoms with Gasteiger partial charge >= 0.3 is 0 Å². The summed E-state index contributed by atoms with van der Waals surface area (Å²) in [6.45, 7) is 6.30. The van der Waals surface area contributed by atoms with Crippen LogP contribution in [-0.4, -0.2) is 13.1 Å². The van der Waals surface area contributed by atoms with Crippen LogP contribution >= 0.6 is 0 Å². The molecule has 2 unspecified atom stereocenters. The van der Waals surface area contributed by atoms with Crippen LogP contribution in [0.2, 0.25) is 12.1 Å². The predicted molar refractivity (Wildman–Crippen MR) is 59.6 cm³/mol. The molecular weight excluding hydrogens is 176 g/mol. The lowest BCUT2D eigenvalue weighted by Gasteiger charge is -2.26. The molecule has 1 aromatic rings. The minimum Gasteiger partial charge on any atom is -0.427 e. The molecule has 0 radical (unpaired) electrons. The Morgan fingerprint density at radius 2 is 1.85 bits per heavy atom. The highest BCUT2D eigenvalue weighted by Crippen LogP contribution is 2.21. The van der Waals surface area contributed by atoms with Crippen molar-refractivity contribution in [1.82, 2.24) is 0 Å². The molecule has 1 aromatic carbocycles. The first-order valence-corrected chi connectivity index (χ1v) is 7.39. The van der Waals surface area contributed by atoms with Gasteiger partial charge in [-0.15, -0.1) is 0 Å². The van der Waals surface area contributed by atoms with Crippen molar-refractivity contribution in [3.05, 3.63) is 30.3 Å². The molecule has 0 saturated heterocycles. The number of benzene rings is 1. The van der Waals surface area contributed by atoms with Crippen LogP contribution in [0.5, 0.6) is 0 Å². The molecule has 2 atom stereocenters. The molecule has 0 spiro atoms. The molecular formula is C11H18OSi. The van der Waals surface area contributed by atoms with Crippen molar-refractivity contribution >= 4 is 13.5 Å². The predicted octanol–water partition coefficient (Wildman–Crippen LogP) is 2.26. The molecule has 13 heavy (non-hydrogen) atoms. The van der Waals surface area contributed by atoms with Crippen molar-refractivity contribution in [1.29, 1.82) is 0 Å². The van der Waals surface area contributed by atoms with Gasteiger partial charge in [0.2, 0.25) is 8.32 Å². The van der Waals surface area contributed by atoms with Crippen LogP contribution in [0.25, 0.3) is 0 Å². The third-order valence-electron chi connectivity index (χ3n) is 2.93. The molecule has 0 saturated carbocycles. The average Bonchev–Trinajstić information content (AvgIpc) is 2.18. The zero-order valence-electron chi connectivity index (χ0n) is 8.62. The van der Waals surface area contributed by atoms with Crippen LogP contribution in [-0.2, 0) is 0 Å². The van der Waals surface area contributed by atoms with Crippen molar-refractivity contribution in [3.63, 3.8) is 0 Å². The smallest absolute Gasteiger partial charge is 0.219 e. The second-order valence-corrected chi connectivity index (χ2v) is 7.68. The van der Waals surface area contributed by atoms with Gasteiger partial charge in [-0.1, -0.05) is 50.6 Å². The van der Waals surface area contributed by atoms with Crippen molar-refractivity contribution < 1.29 is 4.80 Å². The lowest BCUT2D eigenvalue weighted by atomic mass is 10.4. The van der Waals surface area contributed by atoms with Gasteiger partial charge in [-0.3, -0.25) is 0 Å². The summed E-state index contributed by atoms with van der Waals surface area (Å²) in [5.41, 5.74) is 0.426. The summed E-state index contributed by atoms with van der Waals surface area (Å²) in [6, 6.07) is 10.1. The fourth-order valence-electron chi connectivity index (χ4n) is 1.46. The van der Waals surface area contributed by atoms with E-state index in [1.165, 1.54) is 0 Å². The second kappa shape index (κ2) is 4.07. The van der Waals surface area contributed by atoms with Crippen LogP contribution in [0.3, 0.4) is 0 Å². The largest absolute Gasteiger partial charge is 0.427 e. The van der Waals surface area contributed by atoms with Gasteiger partial charge in [-0.2, -0.15) is 0 Å². The van der Waals surface area contributed by atoms with Crippen LogP contribution in [0.15, 0.2) is 30.3 Å². The molecule has 0 amide bonds. The Morgan fingerprint density at radius 3 is 2.31 bits per heavy atom. The summed E-state index contributed by atoms with van der Waals surface area (Å²) in [5.74, 6) is 0. The van der Waals surface area contributed by atoms with Gasteiger partial charge < -0.3 is 4.80 Å². The van der Waals surface area contributed by atoms with E-state index in [-0.39, 0.29) is 0 Å². The molecule has 0 aromatic heterocycles.